The average molecular weight is 519 g/mol. The topological polar surface area (TPSA) is 80.8 Å². The Bertz CT molecular complexity index is 1480. The van der Waals surface area contributed by atoms with Crippen LogP contribution in [-0.2, 0) is 26.9 Å². The average Bonchev–Trinajstić information content (AvgIpc) is 3.48. The summed E-state index contributed by atoms with van der Waals surface area (Å²) in [5.41, 5.74) is -1.52. The van der Waals surface area contributed by atoms with Crippen LogP contribution in [0, 0.1) is 11.8 Å². The Balaban J connectivity index is 1.49. The molecule has 3 aromatic rings. The number of aryl methyl sites for hydroxylation is 1. The number of ether oxygens (including phenoxy) is 1. The maximum absolute atomic E-state index is 13.9. The molecular weight excluding hydrogens is 499 g/mol. The summed E-state index contributed by atoms with van der Waals surface area (Å²) in [6.45, 7) is 1.97. The fourth-order valence-electron chi connectivity index (χ4n) is 5.82. The molecule has 0 saturated carbocycles. The highest BCUT2D eigenvalue weighted by molar-refractivity contribution is 6.37. The van der Waals surface area contributed by atoms with Crippen molar-refractivity contribution in [3.05, 3.63) is 101 Å². The number of alkyl halides is 3. The zero-order valence-electron chi connectivity index (χ0n) is 20.0. The van der Waals surface area contributed by atoms with Gasteiger partial charge in [0, 0.05) is 11.1 Å². The van der Waals surface area contributed by atoms with Crippen molar-refractivity contribution in [3.8, 4) is 0 Å². The molecule has 6 rings (SSSR count). The van der Waals surface area contributed by atoms with Gasteiger partial charge in [0.1, 0.15) is 0 Å². The molecule has 0 unspecified atom stereocenters. The van der Waals surface area contributed by atoms with Crippen LogP contribution < -0.4 is 4.90 Å². The number of hydrogen-bond acceptors (Lipinski definition) is 5. The monoisotopic (exact) mass is 519 g/mol. The molecule has 3 atom stereocenters. The van der Waals surface area contributed by atoms with Crippen LogP contribution in [0.4, 0.5) is 18.9 Å². The summed E-state index contributed by atoms with van der Waals surface area (Å²) in [6.07, 6.45) is -4.94. The van der Waals surface area contributed by atoms with E-state index in [1.807, 2.05) is 19.1 Å². The Hall–Kier alpha value is -4.11. The number of ketones is 2. The molecule has 38 heavy (non-hydrogen) atoms. The van der Waals surface area contributed by atoms with Crippen molar-refractivity contribution in [2.45, 2.75) is 31.2 Å². The minimum Gasteiger partial charge on any atom is -0.349 e. The first-order valence-corrected chi connectivity index (χ1v) is 12.1. The third-order valence-electron chi connectivity index (χ3n) is 7.69. The first-order valence-electron chi connectivity index (χ1n) is 12.1. The Kier molecular flexibility index (Phi) is 5.23. The fourth-order valence-corrected chi connectivity index (χ4v) is 5.82. The maximum atomic E-state index is 13.9. The van der Waals surface area contributed by atoms with Crippen molar-refractivity contribution in [3.63, 3.8) is 0 Å². The molecule has 0 radical (unpaired) electrons. The van der Waals surface area contributed by atoms with Crippen molar-refractivity contribution >= 4 is 29.1 Å². The first-order chi connectivity index (χ1) is 18.1. The number of amides is 2. The standard InChI is InChI=1S/C29H20F3NO5/c1-2-15-7-9-16(10-8-15)23-21-22(28(38-23)24(34)19-5-3-4-6-20(19)25(28)35)27(37)33(26(21)36)18-13-11-17(12-14-18)29(30,31)32/h3-14,21-23H,2H2,1H3/t21-,22-,23+/m0/s1. The number of carbonyl (C=O) groups is 4. The van der Waals surface area contributed by atoms with Gasteiger partial charge in [0.2, 0.25) is 29.0 Å². The smallest absolute Gasteiger partial charge is 0.349 e. The number of rotatable bonds is 3. The van der Waals surface area contributed by atoms with Crippen LogP contribution in [-0.4, -0.2) is 29.0 Å². The van der Waals surface area contributed by atoms with Crippen LogP contribution in [0.15, 0.2) is 72.8 Å². The van der Waals surface area contributed by atoms with E-state index in [9.17, 15) is 32.3 Å². The lowest BCUT2D eigenvalue weighted by molar-refractivity contribution is -0.137. The van der Waals surface area contributed by atoms with E-state index in [0.717, 1.165) is 41.1 Å². The zero-order valence-corrected chi connectivity index (χ0v) is 20.0. The number of halogens is 3. The fraction of sp³-hybridized carbons (Fsp3) is 0.241. The van der Waals surface area contributed by atoms with Crippen LogP contribution in [0.1, 0.15) is 50.4 Å². The molecule has 0 aromatic heterocycles. The summed E-state index contributed by atoms with van der Waals surface area (Å²) in [6, 6.07) is 16.9. The number of hydrogen-bond donors (Lipinski definition) is 0. The molecule has 2 aliphatic heterocycles. The second-order valence-corrected chi connectivity index (χ2v) is 9.63. The summed E-state index contributed by atoms with van der Waals surface area (Å²) in [5.74, 6) is -5.69. The zero-order chi connectivity index (χ0) is 27.0. The molecule has 192 valence electrons. The molecular formula is C29H20F3NO5. The summed E-state index contributed by atoms with van der Waals surface area (Å²) in [7, 11) is 0. The van der Waals surface area contributed by atoms with Crippen LogP contribution >= 0.6 is 0 Å². The lowest BCUT2D eigenvalue weighted by Gasteiger charge is -2.27. The van der Waals surface area contributed by atoms with Crippen molar-refractivity contribution < 1.29 is 37.1 Å². The van der Waals surface area contributed by atoms with E-state index in [1.165, 1.54) is 12.1 Å². The van der Waals surface area contributed by atoms with Crippen LogP contribution in [0.5, 0.6) is 0 Å². The first kappa shape index (κ1) is 24.2. The van der Waals surface area contributed by atoms with E-state index in [0.29, 0.717) is 5.56 Å². The number of benzene rings is 3. The van der Waals surface area contributed by atoms with E-state index >= 15 is 0 Å². The highest BCUT2D eigenvalue weighted by atomic mass is 19.4. The molecule has 2 fully saturated rings. The van der Waals surface area contributed by atoms with Gasteiger partial charge in [-0.3, -0.25) is 19.2 Å². The van der Waals surface area contributed by atoms with Crippen molar-refractivity contribution in [1.82, 2.24) is 0 Å². The van der Waals surface area contributed by atoms with Gasteiger partial charge >= 0.3 is 6.18 Å². The molecule has 1 aliphatic carbocycles. The summed E-state index contributed by atoms with van der Waals surface area (Å²) < 4.78 is 45.5. The molecule has 2 heterocycles. The molecule has 1 spiro atoms. The van der Waals surface area contributed by atoms with Gasteiger partial charge in [0.25, 0.3) is 0 Å². The minimum atomic E-state index is -4.60. The van der Waals surface area contributed by atoms with E-state index in [1.54, 1.807) is 24.3 Å². The van der Waals surface area contributed by atoms with E-state index < -0.39 is 58.7 Å². The number of nitrogens with zero attached hydrogens (tertiary/aromatic N) is 1. The molecule has 0 bridgehead atoms. The molecule has 9 heteroatoms. The molecule has 2 saturated heterocycles. The second kappa shape index (κ2) is 8.19. The maximum Gasteiger partial charge on any atom is 0.416 e. The van der Waals surface area contributed by atoms with Gasteiger partial charge in [-0.15, -0.1) is 0 Å². The van der Waals surface area contributed by atoms with Gasteiger partial charge in [0.15, 0.2) is 0 Å². The van der Waals surface area contributed by atoms with Gasteiger partial charge in [-0.2, -0.15) is 13.2 Å². The van der Waals surface area contributed by atoms with E-state index in [4.69, 9.17) is 4.74 Å². The van der Waals surface area contributed by atoms with Gasteiger partial charge in [0.05, 0.1) is 29.2 Å². The van der Waals surface area contributed by atoms with Crippen molar-refractivity contribution in [2.75, 3.05) is 4.90 Å². The predicted octanol–water partition coefficient (Wildman–Crippen LogP) is 4.96. The SMILES string of the molecule is CCc1ccc([C@H]2OC3(C(=O)c4ccccc4C3=O)[C@@H]3C(=O)N(c4ccc(C(F)(F)F)cc4)C(=O)[C@H]23)cc1. The van der Waals surface area contributed by atoms with Crippen molar-refractivity contribution in [1.29, 1.82) is 0 Å². The van der Waals surface area contributed by atoms with E-state index in [2.05, 4.69) is 0 Å². The van der Waals surface area contributed by atoms with Crippen molar-refractivity contribution in [2.24, 2.45) is 11.8 Å². The number of anilines is 1. The Morgan fingerprint density at radius 1 is 0.816 bits per heavy atom. The third kappa shape index (κ3) is 3.18. The molecule has 2 amide bonds. The molecule has 6 nitrogen and oxygen atoms in total. The lowest BCUT2D eigenvalue weighted by Crippen LogP contribution is -2.51. The predicted molar refractivity (Wildman–Crippen MR) is 128 cm³/mol. The van der Waals surface area contributed by atoms with E-state index in [-0.39, 0.29) is 16.8 Å². The van der Waals surface area contributed by atoms with Gasteiger partial charge < -0.3 is 4.74 Å². The number of imide groups is 1. The summed E-state index contributed by atoms with van der Waals surface area (Å²) in [4.78, 5) is 55.9. The number of fused-ring (bicyclic) bond motifs is 3. The number of carbonyl (C=O) groups excluding carboxylic acids is 4. The highest BCUT2D eigenvalue weighted by Crippen LogP contribution is 2.57. The molecule has 3 aromatic carbocycles. The van der Waals surface area contributed by atoms with Gasteiger partial charge in [-0.1, -0.05) is 55.5 Å². The second-order valence-electron chi connectivity index (χ2n) is 9.63. The Morgan fingerprint density at radius 2 is 1.39 bits per heavy atom. The largest absolute Gasteiger partial charge is 0.416 e. The quantitative estimate of drug-likeness (QED) is 0.361. The lowest BCUT2D eigenvalue weighted by atomic mass is 9.77. The molecule has 0 N–H and O–H groups in total. The minimum absolute atomic E-state index is 0.0759. The normalized spacial score (nSPS) is 23.9. The Morgan fingerprint density at radius 3 is 1.92 bits per heavy atom. The van der Waals surface area contributed by atoms with Crippen LogP contribution in [0.2, 0.25) is 0 Å². The van der Waals surface area contributed by atoms with Crippen LogP contribution in [0.25, 0.3) is 0 Å². The third-order valence-corrected chi connectivity index (χ3v) is 7.69. The molecule has 3 aliphatic rings. The van der Waals surface area contributed by atoms with Gasteiger partial charge in [-0.05, 0) is 41.8 Å². The highest BCUT2D eigenvalue weighted by Gasteiger charge is 2.74. The summed E-state index contributed by atoms with van der Waals surface area (Å²) >= 11 is 0. The Labute approximate surface area is 215 Å². The summed E-state index contributed by atoms with van der Waals surface area (Å²) in [5, 5.41) is 0. The van der Waals surface area contributed by atoms with Crippen LogP contribution in [0.3, 0.4) is 0 Å². The number of Topliss-reactive ketones (excluding diaryl/α,β-unsaturated/α-hetero) is 2. The van der Waals surface area contributed by atoms with Gasteiger partial charge in [-0.25, -0.2) is 4.90 Å².